The molecule has 19 heavy (non-hydrogen) atoms. The monoisotopic (exact) mass is 262 g/mol. The molecule has 1 saturated heterocycles. The lowest BCUT2D eigenvalue weighted by Crippen LogP contribution is -2.46. The molecule has 106 valence electrons. The van der Waals surface area contributed by atoms with Gasteiger partial charge < -0.3 is 15.4 Å². The molecule has 1 unspecified atom stereocenters. The summed E-state index contributed by atoms with van der Waals surface area (Å²) in [6, 6.07) is 6.88. The third kappa shape index (κ3) is 3.71. The van der Waals surface area contributed by atoms with Crippen molar-refractivity contribution in [2.45, 2.75) is 52.4 Å². The average Bonchev–Trinajstić information content (AvgIpc) is 2.26. The van der Waals surface area contributed by atoms with Crippen molar-refractivity contribution in [3.05, 3.63) is 29.3 Å². The highest BCUT2D eigenvalue weighted by atomic mass is 16.5. The molecule has 1 aromatic carbocycles. The third-order valence-electron chi connectivity index (χ3n) is 3.54. The maximum Gasteiger partial charge on any atom is 0.0726 e. The van der Waals surface area contributed by atoms with Gasteiger partial charge in [-0.3, -0.25) is 0 Å². The molecule has 0 bridgehead atoms. The Morgan fingerprint density at radius 3 is 2.53 bits per heavy atom. The maximum absolute atomic E-state index is 5.98. The van der Waals surface area contributed by atoms with Crippen molar-refractivity contribution in [1.29, 1.82) is 0 Å². The summed E-state index contributed by atoms with van der Waals surface area (Å²) in [5.41, 5.74) is 9.97. The molecular formula is C16H26N2O. The van der Waals surface area contributed by atoms with Crippen LogP contribution in [0.25, 0.3) is 0 Å². The summed E-state index contributed by atoms with van der Waals surface area (Å²) in [7, 11) is 0. The van der Waals surface area contributed by atoms with Crippen LogP contribution in [-0.4, -0.2) is 31.3 Å². The van der Waals surface area contributed by atoms with Gasteiger partial charge in [0.25, 0.3) is 0 Å². The van der Waals surface area contributed by atoms with E-state index >= 15 is 0 Å². The van der Waals surface area contributed by atoms with Crippen molar-refractivity contribution in [1.82, 2.24) is 0 Å². The molecule has 3 atom stereocenters. The number of rotatable bonds is 3. The fraction of sp³-hybridized carbons (Fsp3) is 0.625. The minimum Gasteiger partial charge on any atom is -0.372 e. The molecule has 3 heteroatoms. The first-order valence-electron chi connectivity index (χ1n) is 7.21. The summed E-state index contributed by atoms with van der Waals surface area (Å²) in [5.74, 6) is 0. The van der Waals surface area contributed by atoms with Gasteiger partial charge in [0.1, 0.15) is 0 Å². The first-order chi connectivity index (χ1) is 8.95. The molecule has 3 nitrogen and oxygen atoms in total. The minimum absolute atomic E-state index is 0.191. The Kier molecular flexibility index (Phi) is 4.48. The van der Waals surface area contributed by atoms with Gasteiger partial charge in [-0.15, -0.1) is 0 Å². The van der Waals surface area contributed by atoms with Gasteiger partial charge in [-0.1, -0.05) is 17.7 Å². The Balaban J connectivity index is 2.27. The van der Waals surface area contributed by atoms with Crippen molar-refractivity contribution >= 4 is 5.69 Å². The first-order valence-corrected chi connectivity index (χ1v) is 7.21. The minimum atomic E-state index is 0.191. The van der Waals surface area contributed by atoms with Crippen LogP contribution in [0.15, 0.2) is 18.2 Å². The zero-order valence-electron chi connectivity index (χ0n) is 12.5. The molecule has 0 spiro atoms. The van der Waals surface area contributed by atoms with Crippen LogP contribution in [0.2, 0.25) is 0 Å². The van der Waals surface area contributed by atoms with Gasteiger partial charge in [-0.2, -0.15) is 0 Å². The van der Waals surface area contributed by atoms with E-state index in [4.69, 9.17) is 10.5 Å². The molecule has 1 fully saturated rings. The van der Waals surface area contributed by atoms with Crippen molar-refractivity contribution in [2.24, 2.45) is 5.73 Å². The summed E-state index contributed by atoms with van der Waals surface area (Å²) in [5, 5.41) is 0. The number of morpholine rings is 1. The quantitative estimate of drug-likeness (QED) is 0.909. The lowest BCUT2D eigenvalue weighted by Gasteiger charge is -2.38. The number of nitrogens with zero attached hydrogens (tertiary/aromatic N) is 1. The Labute approximate surface area is 116 Å². The van der Waals surface area contributed by atoms with Gasteiger partial charge >= 0.3 is 0 Å². The van der Waals surface area contributed by atoms with Crippen LogP contribution in [0.4, 0.5) is 5.69 Å². The second-order valence-corrected chi connectivity index (χ2v) is 5.98. The number of anilines is 1. The normalized spacial score (nSPS) is 25.4. The third-order valence-corrected chi connectivity index (χ3v) is 3.54. The highest BCUT2D eigenvalue weighted by Crippen LogP contribution is 2.26. The van der Waals surface area contributed by atoms with Crippen LogP contribution in [0, 0.1) is 6.92 Å². The van der Waals surface area contributed by atoms with Gasteiger partial charge in [-0.25, -0.2) is 0 Å². The summed E-state index contributed by atoms with van der Waals surface area (Å²) in [6.07, 6.45) is 1.50. The van der Waals surface area contributed by atoms with Gasteiger partial charge in [0.15, 0.2) is 0 Å². The van der Waals surface area contributed by atoms with Crippen molar-refractivity contribution in [3.8, 4) is 0 Å². The summed E-state index contributed by atoms with van der Waals surface area (Å²) >= 11 is 0. The summed E-state index contributed by atoms with van der Waals surface area (Å²) < 4.78 is 5.82. The van der Waals surface area contributed by atoms with Crippen LogP contribution in [0.3, 0.4) is 0 Å². The molecule has 2 N–H and O–H groups in total. The lowest BCUT2D eigenvalue weighted by atomic mass is 10.0. The molecule has 2 rings (SSSR count). The highest BCUT2D eigenvalue weighted by molar-refractivity contribution is 5.56. The number of benzene rings is 1. The molecule has 0 aliphatic carbocycles. The van der Waals surface area contributed by atoms with Crippen LogP contribution >= 0.6 is 0 Å². The number of ether oxygens (including phenoxy) is 1. The second-order valence-electron chi connectivity index (χ2n) is 5.98. The molecule has 0 radical (unpaired) electrons. The second kappa shape index (κ2) is 5.93. The van der Waals surface area contributed by atoms with E-state index in [-0.39, 0.29) is 18.2 Å². The number of nitrogens with two attached hydrogens (primary N) is 1. The van der Waals surface area contributed by atoms with Crippen LogP contribution < -0.4 is 10.6 Å². The maximum atomic E-state index is 5.98. The zero-order valence-corrected chi connectivity index (χ0v) is 12.5. The largest absolute Gasteiger partial charge is 0.372 e. The van der Waals surface area contributed by atoms with E-state index in [1.54, 1.807) is 0 Å². The van der Waals surface area contributed by atoms with Crippen LogP contribution in [0.5, 0.6) is 0 Å². The van der Waals surface area contributed by atoms with E-state index in [0.717, 1.165) is 19.5 Å². The Morgan fingerprint density at radius 2 is 1.95 bits per heavy atom. The van der Waals surface area contributed by atoms with Gasteiger partial charge in [0.2, 0.25) is 0 Å². The van der Waals surface area contributed by atoms with E-state index in [2.05, 4.69) is 50.8 Å². The standard InChI is InChI=1S/C16H26N2O/c1-11-5-6-16(15(7-11)8-12(2)17)18-9-13(3)19-14(4)10-18/h5-7,12-14H,8-10,17H2,1-4H3/t12?,13-,14+. The van der Waals surface area contributed by atoms with E-state index in [1.807, 2.05) is 0 Å². The number of hydrogen-bond acceptors (Lipinski definition) is 3. The molecular weight excluding hydrogens is 236 g/mol. The van der Waals surface area contributed by atoms with Gasteiger partial charge in [0.05, 0.1) is 12.2 Å². The topological polar surface area (TPSA) is 38.5 Å². The molecule has 1 aromatic rings. The Morgan fingerprint density at radius 1 is 1.32 bits per heavy atom. The average molecular weight is 262 g/mol. The fourth-order valence-electron chi connectivity index (χ4n) is 2.91. The molecule has 0 aromatic heterocycles. The van der Waals surface area contributed by atoms with Crippen LogP contribution in [0.1, 0.15) is 31.9 Å². The van der Waals surface area contributed by atoms with Crippen LogP contribution in [-0.2, 0) is 11.2 Å². The van der Waals surface area contributed by atoms with Crippen molar-refractivity contribution in [2.75, 3.05) is 18.0 Å². The SMILES string of the molecule is Cc1ccc(N2C[C@@H](C)O[C@@H](C)C2)c(CC(C)N)c1. The molecule has 0 amide bonds. The van der Waals surface area contributed by atoms with E-state index in [0.29, 0.717) is 0 Å². The number of hydrogen-bond donors (Lipinski definition) is 1. The predicted octanol–water partition coefficient (Wildman–Crippen LogP) is 2.50. The predicted molar refractivity (Wildman–Crippen MR) is 80.8 cm³/mol. The fourth-order valence-corrected chi connectivity index (χ4v) is 2.91. The van der Waals surface area contributed by atoms with Gasteiger partial charge in [-0.05, 0) is 45.7 Å². The first kappa shape index (κ1) is 14.4. The smallest absolute Gasteiger partial charge is 0.0726 e. The summed E-state index contributed by atoms with van der Waals surface area (Å²) in [4.78, 5) is 2.44. The highest BCUT2D eigenvalue weighted by Gasteiger charge is 2.24. The van der Waals surface area contributed by atoms with E-state index in [1.165, 1.54) is 16.8 Å². The number of aryl methyl sites for hydroxylation is 1. The zero-order chi connectivity index (χ0) is 14.0. The van der Waals surface area contributed by atoms with Gasteiger partial charge in [0, 0.05) is 24.8 Å². The Bertz CT molecular complexity index is 421. The Hall–Kier alpha value is -1.06. The van der Waals surface area contributed by atoms with E-state index < -0.39 is 0 Å². The molecule has 0 saturated carbocycles. The lowest BCUT2D eigenvalue weighted by molar-refractivity contribution is -0.00526. The van der Waals surface area contributed by atoms with Crippen molar-refractivity contribution < 1.29 is 4.74 Å². The van der Waals surface area contributed by atoms with Crippen molar-refractivity contribution in [3.63, 3.8) is 0 Å². The van der Waals surface area contributed by atoms with E-state index in [9.17, 15) is 0 Å². The summed E-state index contributed by atoms with van der Waals surface area (Å²) in [6.45, 7) is 10.4. The molecule has 1 aliphatic heterocycles. The molecule has 1 heterocycles. The molecule has 1 aliphatic rings.